The summed E-state index contributed by atoms with van der Waals surface area (Å²) in [6.45, 7) is 1.11. The number of ether oxygens (including phenoxy) is 1. The number of carbonyl (C=O) groups excluding carboxylic acids is 1. The zero-order valence-electron chi connectivity index (χ0n) is 11.4. The van der Waals surface area contributed by atoms with E-state index in [-0.39, 0.29) is 12.0 Å². The highest BCUT2D eigenvalue weighted by molar-refractivity contribution is 5.89. The van der Waals surface area contributed by atoms with Crippen molar-refractivity contribution in [3.05, 3.63) is 23.9 Å². The molecule has 0 bridgehead atoms. The predicted octanol–water partition coefficient (Wildman–Crippen LogP) is 1.29. The van der Waals surface area contributed by atoms with Crippen LogP contribution in [0.3, 0.4) is 0 Å². The lowest BCUT2D eigenvalue weighted by Gasteiger charge is -2.09. The van der Waals surface area contributed by atoms with Gasteiger partial charge in [-0.05, 0) is 37.3 Å². The summed E-state index contributed by atoms with van der Waals surface area (Å²) < 4.78 is 5.49. The highest BCUT2D eigenvalue weighted by atomic mass is 16.5. The maximum absolute atomic E-state index is 11.8. The van der Waals surface area contributed by atoms with E-state index in [9.17, 15) is 4.79 Å². The van der Waals surface area contributed by atoms with E-state index in [1.54, 1.807) is 12.1 Å². The molecule has 1 aromatic heterocycles. The number of aromatic nitrogens is 1. The highest BCUT2D eigenvalue weighted by Crippen LogP contribution is 2.17. The normalized spacial score (nSPS) is 17.4. The Morgan fingerprint density at radius 1 is 1.55 bits per heavy atom. The van der Waals surface area contributed by atoms with Crippen molar-refractivity contribution in [1.82, 2.24) is 4.98 Å². The lowest BCUT2D eigenvalue weighted by atomic mass is 10.1. The highest BCUT2D eigenvalue weighted by Gasteiger charge is 2.16. The van der Waals surface area contributed by atoms with Crippen molar-refractivity contribution in [2.24, 2.45) is 5.73 Å². The van der Waals surface area contributed by atoms with Crippen molar-refractivity contribution < 1.29 is 9.53 Å². The van der Waals surface area contributed by atoms with Gasteiger partial charge in [0.05, 0.1) is 12.6 Å². The van der Waals surface area contributed by atoms with Gasteiger partial charge in [-0.3, -0.25) is 4.79 Å². The number of nitrogens with one attached hydrogen (secondary N) is 1. The van der Waals surface area contributed by atoms with Crippen LogP contribution >= 0.6 is 0 Å². The average Bonchev–Trinajstić information content (AvgIpc) is 2.97. The summed E-state index contributed by atoms with van der Waals surface area (Å²) in [5, 5.41) is 2.78. The minimum Gasteiger partial charge on any atom is -0.378 e. The minimum absolute atomic E-state index is 0.0445. The van der Waals surface area contributed by atoms with Crippen LogP contribution in [0.25, 0.3) is 0 Å². The Balaban J connectivity index is 1.83. The largest absolute Gasteiger partial charge is 0.378 e. The molecular formula is C15H19N3O2. The fourth-order valence-electron chi connectivity index (χ4n) is 2.08. The van der Waals surface area contributed by atoms with Gasteiger partial charge in [0.15, 0.2) is 0 Å². The van der Waals surface area contributed by atoms with Crippen LogP contribution in [0, 0.1) is 11.8 Å². The van der Waals surface area contributed by atoms with Gasteiger partial charge in [0.2, 0.25) is 5.91 Å². The Hall–Kier alpha value is -1.90. The van der Waals surface area contributed by atoms with Crippen molar-refractivity contribution in [1.29, 1.82) is 0 Å². The number of carbonyl (C=O) groups is 1. The number of pyridine rings is 1. The third kappa shape index (κ3) is 4.65. The molecule has 0 radical (unpaired) electrons. The van der Waals surface area contributed by atoms with Crippen molar-refractivity contribution in [3.63, 3.8) is 0 Å². The number of nitrogens with two attached hydrogens (primary N) is 1. The fourth-order valence-corrected chi connectivity index (χ4v) is 2.08. The summed E-state index contributed by atoms with van der Waals surface area (Å²) in [5.41, 5.74) is 5.92. The van der Waals surface area contributed by atoms with Crippen LogP contribution in [-0.4, -0.2) is 30.1 Å². The second-order valence-electron chi connectivity index (χ2n) is 4.64. The first kappa shape index (κ1) is 14.5. The maximum atomic E-state index is 11.8. The molecule has 1 atom stereocenters. The van der Waals surface area contributed by atoms with E-state index in [4.69, 9.17) is 10.5 Å². The van der Waals surface area contributed by atoms with Crippen LogP contribution in [0.2, 0.25) is 0 Å². The zero-order valence-corrected chi connectivity index (χ0v) is 11.4. The smallest absolute Gasteiger partial charge is 0.225 e. The number of nitrogens with zero attached hydrogens (tertiary/aromatic N) is 1. The van der Waals surface area contributed by atoms with Crippen molar-refractivity contribution in [3.8, 4) is 11.8 Å². The Morgan fingerprint density at radius 3 is 3.20 bits per heavy atom. The van der Waals surface area contributed by atoms with Crippen molar-refractivity contribution >= 4 is 11.7 Å². The lowest BCUT2D eigenvalue weighted by Crippen LogP contribution is -2.16. The molecule has 5 heteroatoms. The second kappa shape index (κ2) is 7.63. The Morgan fingerprint density at radius 2 is 2.45 bits per heavy atom. The monoisotopic (exact) mass is 273 g/mol. The molecule has 106 valence electrons. The molecule has 1 aromatic rings. The van der Waals surface area contributed by atoms with Gasteiger partial charge in [-0.25, -0.2) is 4.98 Å². The third-order valence-electron chi connectivity index (χ3n) is 3.05. The molecule has 5 nitrogen and oxygen atoms in total. The van der Waals surface area contributed by atoms with Gasteiger partial charge in [-0.1, -0.05) is 12.0 Å². The van der Waals surface area contributed by atoms with Gasteiger partial charge in [-0.2, -0.15) is 0 Å². The summed E-state index contributed by atoms with van der Waals surface area (Å²) in [6, 6.07) is 5.34. The first-order valence-electron chi connectivity index (χ1n) is 6.85. The Kier molecular flexibility index (Phi) is 5.54. The molecular weight excluding hydrogens is 254 g/mol. The topological polar surface area (TPSA) is 77.2 Å². The molecule has 2 heterocycles. The van der Waals surface area contributed by atoms with Gasteiger partial charge in [-0.15, -0.1) is 0 Å². The molecule has 0 saturated carbocycles. The molecule has 2 rings (SSSR count). The van der Waals surface area contributed by atoms with Crippen LogP contribution in [0.15, 0.2) is 18.2 Å². The number of hydrogen-bond donors (Lipinski definition) is 2. The third-order valence-corrected chi connectivity index (χ3v) is 3.05. The lowest BCUT2D eigenvalue weighted by molar-refractivity contribution is -0.116. The van der Waals surface area contributed by atoms with Crippen LogP contribution in [0.5, 0.6) is 0 Å². The van der Waals surface area contributed by atoms with E-state index in [1.807, 2.05) is 6.07 Å². The quantitative estimate of drug-likeness (QED) is 0.810. The molecule has 3 N–H and O–H groups in total. The van der Waals surface area contributed by atoms with Crippen LogP contribution in [0.4, 0.5) is 5.82 Å². The van der Waals surface area contributed by atoms with Crippen LogP contribution in [-0.2, 0) is 9.53 Å². The van der Waals surface area contributed by atoms with Crippen molar-refractivity contribution in [2.75, 3.05) is 18.5 Å². The molecule has 1 aliphatic heterocycles. The first-order chi connectivity index (χ1) is 9.78. The van der Waals surface area contributed by atoms with E-state index in [1.165, 1.54) is 0 Å². The number of hydrogen-bond acceptors (Lipinski definition) is 4. The molecule has 1 saturated heterocycles. The van der Waals surface area contributed by atoms with E-state index < -0.39 is 0 Å². The molecule has 1 amide bonds. The SMILES string of the molecule is NCC#Cc1cccc(NC(=O)CCC2CCCO2)n1. The van der Waals surface area contributed by atoms with Gasteiger partial charge in [0.25, 0.3) is 0 Å². The number of anilines is 1. The molecule has 1 unspecified atom stereocenters. The zero-order chi connectivity index (χ0) is 14.2. The molecule has 1 fully saturated rings. The standard InChI is InChI=1S/C15H19N3O2/c16-10-2-5-12-4-1-7-14(17-12)18-15(19)9-8-13-6-3-11-20-13/h1,4,7,13H,3,6,8-11,16H2,(H,17,18,19). The van der Waals surface area contributed by atoms with Gasteiger partial charge in [0.1, 0.15) is 11.5 Å². The molecule has 1 aliphatic rings. The maximum Gasteiger partial charge on any atom is 0.225 e. The Bertz CT molecular complexity index is 513. The molecule has 0 aromatic carbocycles. The summed E-state index contributed by atoms with van der Waals surface area (Å²) >= 11 is 0. The predicted molar refractivity (Wildman–Crippen MR) is 77.0 cm³/mol. The number of amides is 1. The average molecular weight is 273 g/mol. The van der Waals surface area contributed by atoms with Gasteiger partial charge < -0.3 is 15.8 Å². The molecule has 0 aliphatic carbocycles. The van der Waals surface area contributed by atoms with E-state index in [0.29, 0.717) is 24.5 Å². The Labute approximate surface area is 118 Å². The summed E-state index contributed by atoms with van der Waals surface area (Å²) in [7, 11) is 0. The fraction of sp³-hybridized carbons (Fsp3) is 0.467. The summed E-state index contributed by atoms with van der Waals surface area (Å²) in [6.07, 6.45) is 3.59. The summed E-state index contributed by atoms with van der Waals surface area (Å²) in [4.78, 5) is 16.1. The van der Waals surface area contributed by atoms with E-state index in [0.717, 1.165) is 25.9 Å². The van der Waals surface area contributed by atoms with E-state index in [2.05, 4.69) is 22.1 Å². The van der Waals surface area contributed by atoms with Gasteiger partial charge >= 0.3 is 0 Å². The van der Waals surface area contributed by atoms with Gasteiger partial charge in [0, 0.05) is 13.0 Å². The second-order valence-corrected chi connectivity index (χ2v) is 4.64. The summed E-state index contributed by atoms with van der Waals surface area (Å²) in [5.74, 6) is 6.05. The first-order valence-corrected chi connectivity index (χ1v) is 6.85. The molecule has 0 spiro atoms. The van der Waals surface area contributed by atoms with E-state index >= 15 is 0 Å². The van der Waals surface area contributed by atoms with Crippen molar-refractivity contribution in [2.45, 2.75) is 31.8 Å². The minimum atomic E-state index is -0.0445. The number of rotatable bonds is 4. The molecule has 20 heavy (non-hydrogen) atoms. The van der Waals surface area contributed by atoms with Crippen LogP contribution < -0.4 is 11.1 Å². The van der Waals surface area contributed by atoms with Crippen LogP contribution in [0.1, 0.15) is 31.4 Å².